The molecule has 0 aliphatic rings. The summed E-state index contributed by atoms with van der Waals surface area (Å²) in [5.74, 6) is -0.0905. The summed E-state index contributed by atoms with van der Waals surface area (Å²) >= 11 is 0. The Hall–Kier alpha value is -2.66. The standard InChI is InChI=1S/C19H22N4O/c1-20-17-13-7-4-5-10-16(13)22-18-14(17)8-6-9-15(18)19(24)21-11-12-23(2)3/h4-10H,11-12H2,1-3H3,(H,20,22)(H,21,24). The summed E-state index contributed by atoms with van der Waals surface area (Å²) < 4.78 is 0. The Labute approximate surface area is 141 Å². The summed E-state index contributed by atoms with van der Waals surface area (Å²) in [4.78, 5) is 19.4. The second-order valence-corrected chi connectivity index (χ2v) is 6.01. The molecule has 0 fully saturated rings. The number of benzene rings is 2. The number of aromatic nitrogens is 1. The fraction of sp³-hybridized carbons (Fsp3) is 0.263. The van der Waals surface area contributed by atoms with E-state index in [1.165, 1.54) is 0 Å². The Morgan fingerprint density at radius 3 is 2.58 bits per heavy atom. The topological polar surface area (TPSA) is 57.3 Å². The van der Waals surface area contributed by atoms with Crippen molar-refractivity contribution in [1.29, 1.82) is 0 Å². The second kappa shape index (κ2) is 6.84. The lowest BCUT2D eigenvalue weighted by molar-refractivity contribution is 0.0952. The molecular weight excluding hydrogens is 300 g/mol. The van der Waals surface area contributed by atoms with Gasteiger partial charge in [0.05, 0.1) is 22.3 Å². The number of nitrogens with zero attached hydrogens (tertiary/aromatic N) is 2. The van der Waals surface area contributed by atoms with Crippen molar-refractivity contribution in [2.24, 2.45) is 0 Å². The van der Waals surface area contributed by atoms with Crippen LogP contribution in [0.4, 0.5) is 5.69 Å². The first kappa shape index (κ1) is 16.2. The number of carbonyl (C=O) groups excluding carboxylic acids is 1. The quantitative estimate of drug-likeness (QED) is 0.709. The van der Waals surface area contributed by atoms with Crippen molar-refractivity contribution >= 4 is 33.4 Å². The Morgan fingerprint density at radius 1 is 1.08 bits per heavy atom. The van der Waals surface area contributed by atoms with Gasteiger partial charge in [-0.05, 0) is 26.2 Å². The molecule has 1 aromatic heterocycles. The molecule has 2 aromatic carbocycles. The Kier molecular flexibility index (Phi) is 4.62. The Balaban J connectivity index is 2.09. The average molecular weight is 322 g/mol. The van der Waals surface area contributed by atoms with E-state index in [0.29, 0.717) is 12.1 Å². The number of pyridine rings is 1. The maximum atomic E-state index is 12.6. The number of para-hydroxylation sites is 2. The molecule has 0 saturated heterocycles. The summed E-state index contributed by atoms with van der Waals surface area (Å²) in [6.07, 6.45) is 0. The van der Waals surface area contributed by atoms with Crippen LogP contribution in [-0.4, -0.2) is 50.0 Å². The number of likely N-dealkylation sites (N-methyl/N-ethyl adjacent to an activating group) is 1. The van der Waals surface area contributed by atoms with Crippen molar-refractivity contribution in [1.82, 2.24) is 15.2 Å². The maximum absolute atomic E-state index is 12.6. The van der Waals surface area contributed by atoms with Gasteiger partial charge in [-0.2, -0.15) is 0 Å². The van der Waals surface area contributed by atoms with E-state index in [9.17, 15) is 4.79 Å². The van der Waals surface area contributed by atoms with Crippen LogP contribution in [0.5, 0.6) is 0 Å². The lowest BCUT2D eigenvalue weighted by Crippen LogP contribution is -2.31. The van der Waals surface area contributed by atoms with E-state index in [2.05, 4.69) is 10.6 Å². The highest BCUT2D eigenvalue weighted by Crippen LogP contribution is 2.31. The van der Waals surface area contributed by atoms with Gasteiger partial charge in [0.2, 0.25) is 0 Å². The minimum absolute atomic E-state index is 0.0905. The molecule has 0 bridgehead atoms. The first-order valence-corrected chi connectivity index (χ1v) is 8.04. The van der Waals surface area contributed by atoms with Crippen molar-refractivity contribution in [3.05, 3.63) is 48.0 Å². The minimum Gasteiger partial charge on any atom is -0.387 e. The number of amides is 1. The molecule has 2 N–H and O–H groups in total. The van der Waals surface area contributed by atoms with Gasteiger partial charge in [0, 0.05) is 30.9 Å². The largest absolute Gasteiger partial charge is 0.387 e. The molecule has 24 heavy (non-hydrogen) atoms. The predicted octanol–water partition coefficient (Wildman–Crippen LogP) is 2.72. The first-order valence-electron chi connectivity index (χ1n) is 8.04. The third kappa shape index (κ3) is 3.03. The van der Waals surface area contributed by atoms with Crippen LogP contribution >= 0.6 is 0 Å². The number of carbonyl (C=O) groups is 1. The molecule has 0 atom stereocenters. The third-order valence-corrected chi connectivity index (χ3v) is 4.05. The first-order chi connectivity index (χ1) is 11.6. The van der Waals surface area contributed by atoms with Gasteiger partial charge < -0.3 is 15.5 Å². The van der Waals surface area contributed by atoms with Gasteiger partial charge >= 0.3 is 0 Å². The molecule has 3 aromatic rings. The van der Waals surface area contributed by atoms with Gasteiger partial charge in [-0.15, -0.1) is 0 Å². The molecule has 0 radical (unpaired) electrons. The van der Waals surface area contributed by atoms with Crippen LogP contribution in [0.2, 0.25) is 0 Å². The van der Waals surface area contributed by atoms with Crippen LogP contribution < -0.4 is 10.6 Å². The Morgan fingerprint density at radius 2 is 1.83 bits per heavy atom. The van der Waals surface area contributed by atoms with Gasteiger partial charge in [-0.3, -0.25) is 4.79 Å². The van der Waals surface area contributed by atoms with E-state index in [-0.39, 0.29) is 5.91 Å². The molecule has 5 heteroatoms. The summed E-state index contributed by atoms with van der Waals surface area (Å²) in [7, 11) is 5.86. The highest BCUT2D eigenvalue weighted by molar-refractivity contribution is 6.14. The second-order valence-electron chi connectivity index (χ2n) is 6.01. The van der Waals surface area contributed by atoms with Crippen LogP contribution in [0.1, 0.15) is 10.4 Å². The molecule has 3 rings (SSSR count). The highest BCUT2D eigenvalue weighted by Gasteiger charge is 2.15. The van der Waals surface area contributed by atoms with Crippen molar-refractivity contribution in [3.63, 3.8) is 0 Å². The fourth-order valence-electron chi connectivity index (χ4n) is 2.85. The lowest BCUT2D eigenvalue weighted by Gasteiger charge is -2.14. The van der Waals surface area contributed by atoms with E-state index in [4.69, 9.17) is 4.98 Å². The highest BCUT2D eigenvalue weighted by atomic mass is 16.1. The van der Waals surface area contributed by atoms with E-state index in [1.54, 1.807) is 0 Å². The smallest absolute Gasteiger partial charge is 0.253 e. The number of rotatable bonds is 5. The van der Waals surface area contributed by atoms with Gasteiger partial charge in [0.1, 0.15) is 0 Å². The van der Waals surface area contributed by atoms with Crippen LogP contribution in [0.15, 0.2) is 42.5 Å². The van der Waals surface area contributed by atoms with Crippen LogP contribution in [0.3, 0.4) is 0 Å². The fourth-order valence-corrected chi connectivity index (χ4v) is 2.85. The molecule has 1 amide bonds. The number of hydrogen-bond acceptors (Lipinski definition) is 4. The van der Waals surface area contributed by atoms with Crippen LogP contribution in [0, 0.1) is 0 Å². The van der Waals surface area contributed by atoms with E-state index in [1.807, 2.05) is 68.5 Å². The van der Waals surface area contributed by atoms with Gasteiger partial charge in [0.15, 0.2) is 0 Å². The maximum Gasteiger partial charge on any atom is 0.253 e. The third-order valence-electron chi connectivity index (χ3n) is 4.05. The van der Waals surface area contributed by atoms with Crippen molar-refractivity contribution in [2.75, 3.05) is 39.5 Å². The molecule has 5 nitrogen and oxygen atoms in total. The van der Waals surface area contributed by atoms with Gasteiger partial charge in [-0.1, -0.05) is 30.3 Å². The van der Waals surface area contributed by atoms with Gasteiger partial charge in [0.25, 0.3) is 5.91 Å². The van der Waals surface area contributed by atoms with Gasteiger partial charge in [-0.25, -0.2) is 4.98 Å². The SMILES string of the molecule is CNc1c2ccccc2nc2c(C(=O)NCCN(C)C)cccc12. The molecule has 0 unspecified atom stereocenters. The van der Waals surface area contributed by atoms with E-state index in [0.717, 1.165) is 34.0 Å². The predicted molar refractivity (Wildman–Crippen MR) is 99.7 cm³/mol. The number of hydrogen-bond donors (Lipinski definition) is 2. The van der Waals surface area contributed by atoms with Crippen molar-refractivity contribution in [2.45, 2.75) is 0 Å². The molecule has 0 aliphatic heterocycles. The summed E-state index contributed by atoms with van der Waals surface area (Å²) in [5, 5.41) is 8.23. The molecule has 0 aliphatic carbocycles. The van der Waals surface area contributed by atoms with Crippen LogP contribution in [0.25, 0.3) is 21.8 Å². The number of fused-ring (bicyclic) bond motifs is 2. The zero-order chi connectivity index (χ0) is 17.1. The average Bonchev–Trinajstić information content (AvgIpc) is 2.58. The molecule has 0 saturated carbocycles. The molecular formula is C19H22N4O. The van der Waals surface area contributed by atoms with Crippen LogP contribution in [-0.2, 0) is 0 Å². The monoisotopic (exact) mass is 322 g/mol. The summed E-state index contributed by atoms with van der Waals surface area (Å²) in [6.45, 7) is 1.41. The number of anilines is 1. The van der Waals surface area contributed by atoms with Crippen molar-refractivity contribution < 1.29 is 4.79 Å². The zero-order valence-corrected chi connectivity index (χ0v) is 14.3. The van der Waals surface area contributed by atoms with E-state index < -0.39 is 0 Å². The van der Waals surface area contributed by atoms with E-state index >= 15 is 0 Å². The minimum atomic E-state index is -0.0905. The molecule has 1 heterocycles. The number of nitrogens with one attached hydrogen (secondary N) is 2. The zero-order valence-electron chi connectivity index (χ0n) is 14.3. The van der Waals surface area contributed by atoms with Crippen molar-refractivity contribution in [3.8, 4) is 0 Å². The lowest BCUT2D eigenvalue weighted by atomic mass is 10.0. The normalized spacial score (nSPS) is 11.2. The summed E-state index contributed by atoms with van der Waals surface area (Å²) in [6, 6.07) is 13.7. The molecule has 124 valence electrons. The summed E-state index contributed by atoms with van der Waals surface area (Å²) in [5.41, 5.74) is 3.21. The molecule has 0 spiro atoms. The Bertz CT molecular complexity index is 889.